The van der Waals surface area contributed by atoms with Crippen molar-refractivity contribution in [2.45, 2.75) is 58.5 Å². The molecule has 0 saturated heterocycles. The van der Waals surface area contributed by atoms with E-state index < -0.39 is 16.5 Å². The fourth-order valence-electron chi connectivity index (χ4n) is 2.56. The molecule has 1 heterocycles. The van der Waals surface area contributed by atoms with Crippen LogP contribution in [0.3, 0.4) is 0 Å². The predicted molar refractivity (Wildman–Crippen MR) is 86.6 cm³/mol. The van der Waals surface area contributed by atoms with Crippen molar-refractivity contribution in [3.05, 3.63) is 12.5 Å². The summed E-state index contributed by atoms with van der Waals surface area (Å²) >= 11 is 0. The third-order valence-electron chi connectivity index (χ3n) is 4.37. The summed E-state index contributed by atoms with van der Waals surface area (Å²) < 4.78 is 4.86. The van der Waals surface area contributed by atoms with Crippen LogP contribution >= 0.6 is 0 Å². The molecule has 0 radical (unpaired) electrons. The summed E-state index contributed by atoms with van der Waals surface area (Å²) in [5.74, 6) is 1.18. The minimum absolute atomic E-state index is 1.18. The van der Waals surface area contributed by atoms with E-state index in [-0.39, 0.29) is 0 Å². The van der Waals surface area contributed by atoms with Gasteiger partial charge in [-0.3, -0.25) is 0 Å². The van der Waals surface area contributed by atoms with Gasteiger partial charge in [0.25, 0.3) is 0 Å². The second-order valence-electron chi connectivity index (χ2n) is 6.15. The van der Waals surface area contributed by atoms with E-state index in [4.69, 9.17) is 0 Å². The number of hydrogen-bond donors (Lipinski definition) is 0. The molecule has 0 N–H and O–H groups in total. The molecule has 0 fully saturated rings. The highest BCUT2D eigenvalue weighted by Gasteiger charge is 2.33. The van der Waals surface area contributed by atoms with Crippen LogP contribution in [0.1, 0.15) is 20.8 Å². The summed E-state index contributed by atoms with van der Waals surface area (Å²) in [6.45, 7) is 14.1. The summed E-state index contributed by atoms with van der Waals surface area (Å²) in [6, 6.07) is 3.91. The van der Waals surface area contributed by atoms with Crippen LogP contribution in [0.5, 0.6) is 0 Å². The quantitative estimate of drug-likeness (QED) is 0.736. The zero-order valence-corrected chi connectivity index (χ0v) is 15.1. The van der Waals surface area contributed by atoms with Gasteiger partial charge in [0.05, 0.1) is 6.33 Å². The van der Waals surface area contributed by atoms with Crippen molar-refractivity contribution in [2.24, 2.45) is 0 Å². The summed E-state index contributed by atoms with van der Waals surface area (Å²) in [4.78, 5) is 4.65. The molecule has 0 amide bonds. The second-order valence-corrected chi connectivity index (χ2v) is 16.3. The predicted octanol–water partition coefficient (Wildman–Crippen LogP) is 4.01. The number of nitrogens with zero attached hydrogens (tertiary/aromatic N) is 3. The third-order valence-corrected chi connectivity index (χ3v) is 11.8. The van der Waals surface area contributed by atoms with Crippen molar-refractivity contribution in [3.63, 3.8) is 0 Å². The Labute approximate surface area is 114 Å². The van der Waals surface area contributed by atoms with Crippen molar-refractivity contribution in [2.75, 3.05) is 11.6 Å². The lowest BCUT2D eigenvalue weighted by Crippen LogP contribution is -2.50. The first kappa shape index (κ1) is 15.5. The molecule has 0 aliphatic carbocycles. The Kier molecular flexibility index (Phi) is 4.83. The molecule has 0 spiro atoms. The molecule has 5 heteroatoms. The van der Waals surface area contributed by atoms with E-state index in [1.807, 2.05) is 6.33 Å². The smallest absolute Gasteiger partial charge is 0.157 e. The van der Waals surface area contributed by atoms with E-state index in [0.717, 1.165) is 0 Å². The molecular formula is C13H29N3Si2. The van der Waals surface area contributed by atoms with Crippen LogP contribution in [-0.2, 0) is 0 Å². The molecule has 0 unspecified atom stereocenters. The minimum Gasteiger partial charge on any atom is -0.384 e. The molecule has 3 nitrogen and oxygen atoms in total. The first-order valence-electron chi connectivity index (χ1n) is 7.09. The molecular weight excluding hydrogens is 254 g/mol. The fraction of sp³-hybridized carbons (Fsp3) is 0.769. The summed E-state index contributed by atoms with van der Waals surface area (Å²) in [5, 5.41) is 0. The number of imidazole rings is 1. The summed E-state index contributed by atoms with van der Waals surface area (Å²) in [6.07, 6.45) is 4.28. The molecule has 0 aliphatic rings. The Bertz CT molecular complexity index is 370. The number of anilines is 1. The van der Waals surface area contributed by atoms with Gasteiger partial charge in [-0.25, -0.2) is 4.98 Å². The largest absolute Gasteiger partial charge is 0.384 e. The van der Waals surface area contributed by atoms with Crippen LogP contribution in [-0.4, -0.2) is 32.7 Å². The van der Waals surface area contributed by atoms with Crippen molar-refractivity contribution >= 4 is 22.3 Å². The molecule has 0 saturated carbocycles. The monoisotopic (exact) mass is 283 g/mol. The average Bonchev–Trinajstić information content (AvgIpc) is 2.80. The normalized spacial score (nSPS) is 12.8. The first-order chi connectivity index (χ1) is 8.30. The van der Waals surface area contributed by atoms with Gasteiger partial charge in [-0.05, 0) is 25.2 Å². The third kappa shape index (κ3) is 2.88. The van der Waals surface area contributed by atoms with E-state index in [0.29, 0.717) is 0 Å². The van der Waals surface area contributed by atoms with Gasteiger partial charge in [-0.1, -0.05) is 40.4 Å². The van der Waals surface area contributed by atoms with Gasteiger partial charge in [0, 0.05) is 6.20 Å². The van der Waals surface area contributed by atoms with Crippen molar-refractivity contribution in [3.8, 4) is 0 Å². The molecule has 0 atom stereocenters. The topological polar surface area (TPSA) is 21.1 Å². The Hall–Kier alpha value is -0.556. The Morgan fingerprint density at radius 2 is 1.61 bits per heavy atom. The van der Waals surface area contributed by atoms with Crippen LogP contribution in [0.15, 0.2) is 12.5 Å². The standard InChI is InChI=1S/C13H29N3Si2/c1-8-18(9-2,10-3)15(4)13-11-16(12-14-13)17(5,6)7/h11-12H,8-10H2,1-7H3. The molecule has 0 aromatic carbocycles. The number of rotatable bonds is 6. The van der Waals surface area contributed by atoms with E-state index in [9.17, 15) is 0 Å². The maximum Gasteiger partial charge on any atom is 0.157 e. The minimum atomic E-state index is -1.33. The maximum absolute atomic E-state index is 4.65. The van der Waals surface area contributed by atoms with Gasteiger partial charge in [0.2, 0.25) is 0 Å². The fourth-order valence-corrected chi connectivity index (χ4v) is 6.99. The van der Waals surface area contributed by atoms with Crippen LogP contribution in [0.4, 0.5) is 5.82 Å². The van der Waals surface area contributed by atoms with Gasteiger partial charge >= 0.3 is 0 Å². The van der Waals surface area contributed by atoms with Crippen LogP contribution in [0.2, 0.25) is 37.8 Å². The maximum atomic E-state index is 4.65. The Morgan fingerprint density at radius 3 is 1.94 bits per heavy atom. The highest BCUT2D eigenvalue weighted by atomic mass is 28.3. The summed E-state index contributed by atoms with van der Waals surface area (Å²) in [7, 11) is -0.390. The lowest BCUT2D eigenvalue weighted by Gasteiger charge is -2.38. The molecule has 1 aromatic rings. The lowest BCUT2D eigenvalue weighted by molar-refractivity contribution is 1.06. The Balaban J connectivity index is 3.03. The molecule has 18 heavy (non-hydrogen) atoms. The van der Waals surface area contributed by atoms with E-state index in [1.165, 1.54) is 24.0 Å². The van der Waals surface area contributed by atoms with Gasteiger partial charge in [0.15, 0.2) is 16.5 Å². The SMILES string of the molecule is CC[Si](CC)(CC)N(C)c1cn([Si](C)(C)C)cn1. The average molecular weight is 284 g/mol. The Morgan fingerprint density at radius 1 is 1.11 bits per heavy atom. The van der Waals surface area contributed by atoms with Gasteiger partial charge in [-0.2, -0.15) is 0 Å². The van der Waals surface area contributed by atoms with Crippen molar-refractivity contribution in [1.82, 2.24) is 9.22 Å². The van der Waals surface area contributed by atoms with Gasteiger partial charge in [-0.15, -0.1) is 0 Å². The van der Waals surface area contributed by atoms with E-state index in [2.05, 4.69) is 67.4 Å². The zero-order valence-electron chi connectivity index (χ0n) is 13.1. The van der Waals surface area contributed by atoms with E-state index in [1.54, 1.807) is 0 Å². The van der Waals surface area contributed by atoms with Gasteiger partial charge < -0.3 is 8.80 Å². The highest BCUT2D eigenvalue weighted by molar-refractivity contribution is 6.83. The number of hydrogen-bond acceptors (Lipinski definition) is 2. The number of aromatic nitrogens is 2. The van der Waals surface area contributed by atoms with Crippen LogP contribution in [0.25, 0.3) is 0 Å². The van der Waals surface area contributed by atoms with Crippen molar-refractivity contribution in [1.29, 1.82) is 0 Å². The van der Waals surface area contributed by atoms with E-state index >= 15 is 0 Å². The first-order valence-corrected chi connectivity index (χ1v) is 13.1. The molecule has 0 aliphatic heterocycles. The van der Waals surface area contributed by atoms with Crippen molar-refractivity contribution < 1.29 is 0 Å². The zero-order chi connectivity index (χ0) is 14.0. The molecule has 1 aromatic heterocycles. The molecule has 1 rings (SSSR count). The second kappa shape index (κ2) is 5.61. The molecule has 0 bridgehead atoms. The highest BCUT2D eigenvalue weighted by Crippen LogP contribution is 2.28. The molecule has 104 valence electrons. The lowest BCUT2D eigenvalue weighted by atomic mass is 10.8. The van der Waals surface area contributed by atoms with Gasteiger partial charge in [0.1, 0.15) is 5.82 Å². The summed E-state index contributed by atoms with van der Waals surface area (Å²) in [5.41, 5.74) is 0. The van der Waals surface area contributed by atoms with Crippen LogP contribution < -0.4 is 4.57 Å². The van der Waals surface area contributed by atoms with Crippen LogP contribution in [0, 0.1) is 0 Å².